The topological polar surface area (TPSA) is 112 Å². The number of hydrogen-bond acceptors (Lipinski definition) is 3. The number of hydrogen-bond donors (Lipinski definition) is 3. The average Bonchev–Trinajstić information content (AvgIpc) is 2.69. The van der Waals surface area contributed by atoms with Crippen LogP contribution in [0.2, 0.25) is 0 Å². The number of carboxylic acids is 3. The van der Waals surface area contributed by atoms with Gasteiger partial charge in [0.2, 0.25) is 0 Å². The van der Waals surface area contributed by atoms with Crippen LogP contribution in [0.4, 0.5) is 0 Å². The van der Waals surface area contributed by atoms with E-state index >= 15 is 0 Å². The molecule has 3 N–H and O–H groups in total. The molecule has 0 aromatic carbocycles. The van der Waals surface area contributed by atoms with Gasteiger partial charge in [0.05, 0.1) is 43.9 Å². The van der Waals surface area contributed by atoms with Crippen LogP contribution in [0.5, 0.6) is 0 Å². The van der Waals surface area contributed by atoms with Crippen molar-refractivity contribution in [1.82, 2.24) is 0 Å². The first-order valence-electron chi connectivity index (χ1n) is 11.2. The van der Waals surface area contributed by atoms with Crippen LogP contribution in [0.3, 0.4) is 0 Å². The molecule has 0 aromatic heterocycles. The van der Waals surface area contributed by atoms with Crippen molar-refractivity contribution in [3.63, 3.8) is 0 Å². The second-order valence-electron chi connectivity index (χ2n) is 8.72. The molecule has 0 rings (SSSR count). The summed E-state index contributed by atoms with van der Waals surface area (Å²) < 4.78 is 0.578. The van der Waals surface area contributed by atoms with Crippen LogP contribution in [-0.2, 0) is 14.4 Å². The van der Waals surface area contributed by atoms with Crippen molar-refractivity contribution in [2.24, 2.45) is 17.8 Å². The zero-order chi connectivity index (χ0) is 23.2. The van der Waals surface area contributed by atoms with Gasteiger partial charge in [-0.2, -0.15) is 0 Å². The van der Waals surface area contributed by atoms with Gasteiger partial charge in [0.1, 0.15) is 0 Å². The Bertz CT molecular complexity index is 500. The Morgan fingerprint density at radius 1 is 0.700 bits per heavy atom. The molecule has 0 aromatic rings. The number of carbonyl (C=O) groups is 3. The van der Waals surface area contributed by atoms with Crippen LogP contribution >= 0.6 is 0 Å². The molecule has 174 valence electrons. The van der Waals surface area contributed by atoms with Crippen molar-refractivity contribution in [3.8, 4) is 0 Å². The van der Waals surface area contributed by atoms with Crippen LogP contribution in [0.1, 0.15) is 72.6 Å². The summed E-state index contributed by atoms with van der Waals surface area (Å²) in [6.07, 6.45) is 9.77. The van der Waals surface area contributed by atoms with Gasteiger partial charge in [-0.25, -0.2) is 0 Å². The fraction of sp³-hybridized carbons (Fsp3) is 0.783. The zero-order valence-corrected chi connectivity index (χ0v) is 19.2. The van der Waals surface area contributed by atoms with Crippen LogP contribution in [0.25, 0.3) is 0 Å². The third kappa shape index (κ3) is 12.0. The van der Waals surface area contributed by atoms with E-state index in [4.69, 9.17) is 0 Å². The molecule has 0 heterocycles. The Kier molecular flexibility index (Phi) is 14.0. The molecule has 0 saturated carbocycles. The van der Waals surface area contributed by atoms with Crippen molar-refractivity contribution in [1.29, 1.82) is 0 Å². The van der Waals surface area contributed by atoms with Gasteiger partial charge in [-0.05, 0) is 12.8 Å². The average molecular weight is 429 g/mol. The minimum absolute atomic E-state index is 0.485. The molecule has 0 spiro atoms. The molecular weight excluding hydrogens is 386 g/mol. The van der Waals surface area contributed by atoms with E-state index in [1.165, 1.54) is 0 Å². The number of carboxylic acid groups (broad SMARTS) is 3. The third-order valence-electron chi connectivity index (χ3n) is 6.00. The fourth-order valence-electron chi connectivity index (χ4n) is 3.39. The number of nitrogens with zero attached hydrogens (tertiary/aromatic N) is 1. The lowest BCUT2D eigenvalue weighted by molar-refractivity contribution is -0.929. The largest absolute Gasteiger partial charge is 0.481 e. The normalized spacial score (nSPS) is 16.7. The van der Waals surface area contributed by atoms with E-state index in [2.05, 4.69) is 19.1 Å². The maximum absolute atomic E-state index is 11.3. The molecule has 3 atom stereocenters. The molecule has 0 saturated heterocycles. The maximum Gasteiger partial charge on any atom is 0.306 e. The van der Waals surface area contributed by atoms with Crippen molar-refractivity contribution in [2.75, 3.05) is 26.2 Å². The van der Waals surface area contributed by atoms with Crippen LogP contribution in [0.15, 0.2) is 12.2 Å². The molecule has 0 aliphatic heterocycles. The van der Waals surface area contributed by atoms with Gasteiger partial charge in [-0.1, -0.05) is 46.3 Å². The first kappa shape index (κ1) is 28.1. The Labute approximate surface area is 181 Å². The summed E-state index contributed by atoms with van der Waals surface area (Å²) in [5, 5.41) is 27.9. The molecule has 7 nitrogen and oxygen atoms in total. The molecule has 0 aliphatic rings. The number of rotatable bonds is 18. The summed E-state index contributed by atoms with van der Waals surface area (Å²) in [4.78, 5) is 33.9. The maximum atomic E-state index is 11.3. The standard InChI is InChI=1S/C23H41NO6/c1-5-6-7-8-9-10-14-24(15-11-18(2)21(25)26,16-12-19(3)22(27)28)17-13-20(4)23(29)30/h7-8,18-20H,5-6,9-17H2,1-4H3,(H2-,25,26,27,28,29,30)/p+1/b8-7-. The third-order valence-corrected chi connectivity index (χ3v) is 6.00. The number of allylic oxidation sites excluding steroid dienone is 2. The molecule has 7 heteroatoms. The van der Waals surface area contributed by atoms with Gasteiger partial charge in [0, 0.05) is 25.7 Å². The van der Waals surface area contributed by atoms with E-state index in [9.17, 15) is 29.7 Å². The molecule has 30 heavy (non-hydrogen) atoms. The monoisotopic (exact) mass is 428 g/mol. The van der Waals surface area contributed by atoms with Crippen molar-refractivity contribution in [3.05, 3.63) is 12.2 Å². The second-order valence-corrected chi connectivity index (χ2v) is 8.72. The van der Waals surface area contributed by atoms with Crippen LogP contribution in [0, 0.1) is 17.8 Å². The van der Waals surface area contributed by atoms with E-state index < -0.39 is 35.7 Å². The van der Waals surface area contributed by atoms with Gasteiger partial charge in [0.15, 0.2) is 0 Å². The minimum Gasteiger partial charge on any atom is -0.481 e. The highest BCUT2D eigenvalue weighted by molar-refractivity contribution is 5.70. The Hall–Kier alpha value is -1.89. The van der Waals surface area contributed by atoms with E-state index in [1.807, 2.05) is 0 Å². The Morgan fingerprint density at radius 2 is 1.07 bits per heavy atom. The first-order chi connectivity index (χ1) is 14.0. The number of unbranched alkanes of at least 4 members (excludes halogenated alkanes) is 2. The molecule has 0 fully saturated rings. The van der Waals surface area contributed by atoms with E-state index in [1.54, 1.807) is 20.8 Å². The van der Waals surface area contributed by atoms with Crippen molar-refractivity contribution in [2.45, 2.75) is 72.6 Å². The molecule has 0 bridgehead atoms. The smallest absolute Gasteiger partial charge is 0.306 e. The molecule has 0 amide bonds. The van der Waals surface area contributed by atoms with Crippen LogP contribution < -0.4 is 0 Å². The summed E-state index contributed by atoms with van der Waals surface area (Å²) >= 11 is 0. The van der Waals surface area contributed by atoms with Gasteiger partial charge in [0.25, 0.3) is 0 Å². The Morgan fingerprint density at radius 3 is 1.40 bits per heavy atom. The second kappa shape index (κ2) is 15.0. The summed E-state index contributed by atoms with van der Waals surface area (Å²) in [6, 6.07) is 0. The van der Waals surface area contributed by atoms with E-state index in [-0.39, 0.29) is 0 Å². The highest BCUT2D eigenvalue weighted by Crippen LogP contribution is 2.21. The lowest BCUT2D eigenvalue weighted by atomic mass is 10.0. The summed E-state index contributed by atoms with van der Waals surface area (Å²) in [5.41, 5.74) is 0. The highest BCUT2D eigenvalue weighted by Gasteiger charge is 2.31. The predicted octanol–water partition coefficient (Wildman–Crippen LogP) is 4.27. The summed E-state index contributed by atoms with van der Waals surface area (Å²) in [7, 11) is 0. The molecule has 0 aliphatic carbocycles. The number of aliphatic carboxylic acids is 3. The van der Waals surface area contributed by atoms with Gasteiger partial charge in [-0.3, -0.25) is 14.4 Å². The van der Waals surface area contributed by atoms with E-state index in [0.717, 1.165) is 32.2 Å². The number of quaternary nitrogens is 1. The van der Waals surface area contributed by atoms with Crippen LogP contribution in [-0.4, -0.2) is 63.9 Å². The van der Waals surface area contributed by atoms with Crippen molar-refractivity contribution < 1.29 is 34.2 Å². The van der Waals surface area contributed by atoms with Gasteiger partial charge in [-0.15, -0.1) is 0 Å². The minimum atomic E-state index is -0.839. The SMILES string of the molecule is CCC/C=C\CCC[N+](CCC(C)C(=O)O)(CCC(C)C(=O)O)CCC(C)C(=O)O. The van der Waals surface area contributed by atoms with Gasteiger partial charge >= 0.3 is 17.9 Å². The Balaban J connectivity index is 5.39. The lowest BCUT2D eigenvalue weighted by Gasteiger charge is -2.40. The quantitative estimate of drug-likeness (QED) is 0.171. The highest BCUT2D eigenvalue weighted by atomic mass is 16.4. The molecular formula is C23H42NO6+. The lowest BCUT2D eigenvalue weighted by Crippen LogP contribution is -2.52. The first-order valence-corrected chi connectivity index (χ1v) is 11.2. The summed E-state index contributed by atoms with van der Waals surface area (Å²) in [5.74, 6) is -3.97. The molecule has 0 radical (unpaired) electrons. The summed E-state index contributed by atoms with van der Waals surface area (Å²) in [6.45, 7) is 9.82. The predicted molar refractivity (Wildman–Crippen MR) is 117 cm³/mol. The van der Waals surface area contributed by atoms with E-state index in [0.29, 0.717) is 43.4 Å². The van der Waals surface area contributed by atoms with Crippen molar-refractivity contribution >= 4 is 17.9 Å². The zero-order valence-electron chi connectivity index (χ0n) is 19.2. The fourth-order valence-corrected chi connectivity index (χ4v) is 3.39. The van der Waals surface area contributed by atoms with Gasteiger partial charge < -0.3 is 19.8 Å². The molecule has 3 unspecified atom stereocenters.